The quantitative estimate of drug-likeness (QED) is 0.577. The third-order valence-electron chi connectivity index (χ3n) is 2.58. The third kappa shape index (κ3) is 4.24. The first-order chi connectivity index (χ1) is 10.5. The maximum Gasteiger partial charge on any atom is 0.337 e. The number of non-ortho nitro benzene ring substituents is 1. The number of anilines is 2. The molecular formula is C13H10Cl2N4O3. The Morgan fingerprint density at radius 3 is 2.36 bits per heavy atom. The number of nitrogens with zero attached hydrogens (tertiary/aromatic N) is 1. The summed E-state index contributed by atoms with van der Waals surface area (Å²) in [6, 6.07) is 9.63. The van der Waals surface area contributed by atoms with E-state index in [1.165, 1.54) is 30.3 Å². The van der Waals surface area contributed by atoms with Crippen LogP contribution in [0.1, 0.15) is 0 Å². The predicted molar refractivity (Wildman–Crippen MR) is 85.3 cm³/mol. The molecule has 0 aromatic heterocycles. The van der Waals surface area contributed by atoms with Crippen LogP contribution in [0.2, 0.25) is 10.0 Å². The highest BCUT2D eigenvalue weighted by Gasteiger charge is 2.07. The van der Waals surface area contributed by atoms with Gasteiger partial charge in [-0.25, -0.2) is 4.79 Å². The number of nitro benzene ring substituents is 1. The molecule has 0 aliphatic carbocycles. The average Bonchev–Trinajstić information content (AvgIpc) is 2.47. The summed E-state index contributed by atoms with van der Waals surface area (Å²) in [6.07, 6.45) is 0. The molecule has 0 aliphatic heterocycles. The number of nitro groups is 1. The van der Waals surface area contributed by atoms with Crippen molar-refractivity contribution in [2.24, 2.45) is 0 Å². The Bertz CT molecular complexity index is 707. The Hall–Kier alpha value is -2.51. The van der Waals surface area contributed by atoms with Gasteiger partial charge in [0.05, 0.1) is 15.6 Å². The maximum absolute atomic E-state index is 11.7. The largest absolute Gasteiger partial charge is 0.337 e. The van der Waals surface area contributed by atoms with Crippen LogP contribution in [0.3, 0.4) is 0 Å². The zero-order chi connectivity index (χ0) is 16.1. The number of carbonyl (C=O) groups excluding carboxylic acids is 1. The number of hydrogen-bond donors (Lipinski definition) is 3. The average molecular weight is 341 g/mol. The number of benzene rings is 2. The van der Waals surface area contributed by atoms with Crippen LogP contribution in [-0.2, 0) is 0 Å². The Balaban J connectivity index is 1.91. The van der Waals surface area contributed by atoms with Gasteiger partial charge in [-0.05, 0) is 30.3 Å². The highest BCUT2D eigenvalue weighted by atomic mass is 35.5. The van der Waals surface area contributed by atoms with E-state index in [2.05, 4.69) is 16.2 Å². The Labute approximate surface area is 135 Å². The van der Waals surface area contributed by atoms with E-state index < -0.39 is 11.0 Å². The Kier molecular flexibility index (Phi) is 5.03. The van der Waals surface area contributed by atoms with Crippen molar-refractivity contribution in [2.75, 3.05) is 10.7 Å². The molecule has 22 heavy (non-hydrogen) atoms. The molecule has 2 aromatic rings. The predicted octanol–water partition coefficient (Wildman–Crippen LogP) is 4.05. The summed E-state index contributed by atoms with van der Waals surface area (Å²) in [5.41, 5.74) is 5.84. The van der Waals surface area contributed by atoms with E-state index in [4.69, 9.17) is 23.2 Å². The molecule has 0 bridgehead atoms. The highest BCUT2D eigenvalue weighted by Crippen LogP contribution is 2.24. The number of nitrogens with one attached hydrogen (secondary N) is 3. The number of urea groups is 1. The molecule has 9 heteroatoms. The minimum atomic E-state index is -0.556. The van der Waals surface area contributed by atoms with Crippen LogP contribution in [0.25, 0.3) is 0 Å². The number of hydrazine groups is 1. The number of halogens is 2. The Morgan fingerprint density at radius 1 is 1.09 bits per heavy atom. The van der Waals surface area contributed by atoms with Crippen molar-refractivity contribution in [3.05, 3.63) is 62.6 Å². The summed E-state index contributed by atoms with van der Waals surface area (Å²) < 4.78 is 0. The number of rotatable bonds is 4. The summed E-state index contributed by atoms with van der Waals surface area (Å²) in [5, 5.41) is 13.9. The fraction of sp³-hybridized carbons (Fsp3) is 0. The maximum atomic E-state index is 11.7. The van der Waals surface area contributed by atoms with Gasteiger partial charge in [0.25, 0.3) is 5.69 Å². The van der Waals surface area contributed by atoms with Crippen LogP contribution >= 0.6 is 23.2 Å². The first-order valence-electron chi connectivity index (χ1n) is 5.98. The van der Waals surface area contributed by atoms with Crippen molar-refractivity contribution in [1.82, 2.24) is 5.43 Å². The van der Waals surface area contributed by atoms with Crippen molar-refractivity contribution in [2.45, 2.75) is 0 Å². The second-order valence-electron chi connectivity index (χ2n) is 4.13. The van der Waals surface area contributed by atoms with Gasteiger partial charge in [-0.15, -0.1) is 0 Å². The van der Waals surface area contributed by atoms with Gasteiger partial charge >= 0.3 is 6.03 Å². The molecular weight excluding hydrogens is 331 g/mol. The summed E-state index contributed by atoms with van der Waals surface area (Å²) in [5.74, 6) is 0. The molecule has 0 saturated carbocycles. The van der Waals surface area contributed by atoms with Crippen LogP contribution in [0, 0.1) is 10.1 Å². The first kappa shape index (κ1) is 15.9. The molecule has 0 unspecified atom stereocenters. The summed E-state index contributed by atoms with van der Waals surface area (Å²) in [7, 11) is 0. The third-order valence-corrected chi connectivity index (χ3v) is 3.13. The molecule has 3 N–H and O–H groups in total. The lowest BCUT2D eigenvalue weighted by Gasteiger charge is -2.11. The van der Waals surface area contributed by atoms with Crippen LogP contribution < -0.4 is 16.2 Å². The second-order valence-corrected chi connectivity index (χ2v) is 4.98. The smallest absolute Gasteiger partial charge is 0.307 e. The van der Waals surface area contributed by atoms with E-state index in [9.17, 15) is 14.9 Å². The van der Waals surface area contributed by atoms with Crippen LogP contribution in [0.15, 0.2) is 42.5 Å². The van der Waals surface area contributed by atoms with E-state index in [0.29, 0.717) is 21.4 Å². The lowest BCUT2D eigenvalue weighted by atomic mass is 10.3. The van der Waals surface area contributed by atoms with Crippen LogP contribution in [0.4, 0.5) is 21.9 Å². The van der Waals surface area contributed by atoms with Gasteiger partial charge in [-0.1, -0.05) is 23.2 Å². The standard InChI is InChI=1S/C13H10Cl2N4O3/c14-8-1-6-12(11(15)7-8)17-18-13(20)16-9-2-4-10(5-3-9)19(21)22/h1-7,17H,(H2,16,18,20). The van der Waals surface area contributed by atoms with Crippen molar-refractivity contribution in [1.29, 1.82) is 0 Å². The van der Waals surface area contributed by atoms with Gasteiger partial charge in [0.2, 0.25) is 0 Å². The molecule has 0 heterocycles. The summed E-state index contributed by atoms with van der Waals surface area (Å²) in [4.78, 5) is 21.7. The fourth-order valence-corrected chi connectivity index (χ4v) is 2.00. The number of amides is 2. The first-order valence-corrected chi connectivity index (χ1v) is 6.74. The van der Waals surface area contributed by atoms with Gasteiger partial charge in [0, 0.05) is 22.8 Å². The fourth-order valence-electron chi connectivity index (χ4n) is 1.54. The van der Waals surface area contributed by atoms with E-state index in [0.717, 1.165) is 0 Å². The zero-order valence-corrected chi connectivity index (χ0v) is 12.5. The van der Waals surface area contributed by atoms with E-state index >= 15 is 0 Å². The normalized spacial score (nSPS) is 9.91. The van der Waals surface area contributed by atoms with Gasteiger partial charge in [0.1, 0.15) is 0 Å². The van der Waals surface area contributed by atoms with Crippen LogP contribution in [-0.4, -0.2) is 11.0 Å². The van der Waals surface area contributed by atoms with E-state index in [1.54, 1.807) is 12.1 Å². The van der Waals surface area contributed by atoms with E-state index in [1.807, 2.05) is 0 Å². The van der Waals surface area contributed by atoms with Gasteiger partial charge in [-0.3, -0.25) is 21.0 Å². The molecule has 2 rings (SSSR count). The lowest BCUT2D eigenvalue weighted by Crippen LogP contribution is -2.33. The minimum absolute atomic E-state index is 0.0583. The van der Waals surface area contributed by atoms with Crippen molar-refractivity contribution < 1.29 is 9.72 Å². The summed E-state index contributed by atoms with van der Waals surface area (Å²) in [6.45, 7) is 0. The zero-order valence-electron chi connectivity index (χ0n) is 11.0. The van der Waals surface area contributed by atoms with Crippen molar-refractivity contribution >= 4 is 46.3 Å². The molecule has 0 radical (unpaired) electrons. The van der Waals surface area contributed by atoms with Crippen molar-refractivity contribution in [3.63, 3.8) is 0 Å². The monoisotopic (exact) mass is 340 g/mol. The van der Waals surface area contributed by atoms with E-state index in [-0.39, 0.29) is 5.69 Å². The van der Waals surface area contributed by atoms with Crippen LogP contribution in [0.5, 0.6) is 0 Å². The molecule has 0 atom stereocenters. The van der Waals surface area contributed by atoms with Gasteiger partial charge in [-0.2, -0.15) is 0 Å². The molecule has 2 aromatic carbocycles. The minimum Gasteiger partial charge on any atom is -0.307 e. The molecule has 2 amide bonds. The molecule has 7 nitrogen and oxygen atoms in total. The second kappa shape index (κ2) is 6.97. The van der Waals surface area contributed by atoms with Gasteiger partial charge < -0.3 is 5.32 Å². The SMILES string of the molecule is O=C(NNc1ccc(Cl)cc1Cl)Nc1ccc([N+](=O)[O-])cc1. The summed E-state index contributed by atoms with van der Waals surface area (Å²) >= 11 is 11.7. The number of carbonyl (C=O) groups is 1. The molecule has 0 fully saturated rings. The lowest BCUT2D eigenvalue weighted by molar-refractivity contribution is -0.384. The topological polar surface area (TPSA) is 96.3 Å². The van der Waals surface area contributed by atoms with Gasteiger partial charge in [0.15, 0.2) is 0 Å². The molecule has 114 valence electrons. The van der Waals surface area contributed by atoms with Crippen molar-refractivity contribution in [3.8, 4) is 0 Å². The molecule has 0 spiro atoms. The Morgan fingerprint density at radius 2 is 1.77 bits per heavy atom. The number of hydrogen-bond acceptors (Lipinski definition) is 4. The highest BCUT2D eigenvalue weighted by molar-refractivity contribution is 6.36. The molecule has 0 saturated heterocycles. The molecule has 0 aliphatic rings.